The molecule has 0 atom stereocenters. The van der Waals surface area contributed by atoms with Crippen LogP contribution in [0.4, 0.5) is 5.69 Å². The minimum absolute atomic E-state index is 0.00223. The summed E-state index contributed by atoms with van der Waals surface area (Å²) in [5.41, 5.74) is 5.31. The Hall–Kier alpha value is -4.09. The van der Waals surface area contributed by atoms with Gasteiger partial charge in [0.05, 0.1) is 22.8 Å². The van der Waals surface area contributed by atoms with Crippen molar-refractivity contribution in [3.05, 3.63) is 69.6 Å². The summed E-state index contributed by atoms with van der Waals surface area (Å²) in [6.07, 6.45) is 1.54. The highest BCUT2D eigenvalue weighted by molar-refractivity contribution is 7.80. The van der Waals surface area contributed by atoms with Crippen LogP contribution in [0.15, 0.2) is 42.0 Å². The van der Waals surface area contributed by atoms with E-state index in [-0.39, 0.29) is 10.7 Å². The smallest absolute Gasteiger partial charge is 0.270 e. The van der Waals surface area contributed by atoms with Crippen LogP contribution in [0.3, 0.4) is 0 Å². The summed E-state index contributed by atoms with van der Waals surface area (Å²) in [6.45, 7) is 5.60. The maximum atomic E-state index is 13.5. The number of anilines is 1. The van der Waals surface area contributed by atoms with Crippen molar-refractivity contribution < 1.29 is 9.59 Å². The molecule has 12 heteroatoms. The first kappa shape index (κ1) is 21.4. The molecular formula is C23H17ClN8O2S. The van der Waals surface area contributed by atoms with E-state index in [1.165, 1.54) is 11.0 Å². The Kier molecular flexibility index (Phi) is 4.57. The summed E-state index contributed by atoms with van der Waals surface area (Å²) < 4.78 is 5.20. The third-order valence-corrected chi connectivity index (χ3v) is 6.35. The molecule has 0 spiro atoms. The van der Waals surface area contributed by atoms with Gasteiger partial charge in [0.2, 0.25) is 0 Å². The summed E-state index contributed by atoms with van der Waals surface area (Å²) in [5, 5.41) is 17.0. The molecule has 1 aromatic carbocycles. The van der Waals surface area contributed by atoms with Crippen LogP contribution in [0.5, 0.6) is 0 Å². The molecule has 35 heavy (non-hydrogen) atoms. The van der Waals surface area contributed by atoms with Gasteiger partial charge in [-0.1, -0.05) is 11.6 Å². The van der Waals surface area contributed by atoms with E-state index in [1.807, 2.05) is 32.9 Å². The fraction of sp³-hybridized carbons (Fsp3) is 0.130. The van der Waals surface area contributed by atoms with E-state index in [4.69, 9.17) is 23.8 Å². The number of fused-ring (bicyclic) bond motifs is 6. The van der Waals surface area contributed by atoms with Crippen molar-refractivity contribution in [2.45, 2.75) is 20.8 Å². The van der Waals surface area contributed by atoms with Crippen LogP contribution in [-0.2, 0) is 9.59 Å². The van der Waals surface area contributed by atoms with Crippen LogP contribution in [0.25, 0.3) is 23.0 Å². The molecule has 1 aliphatic heterocycles. The topological polar surface area (TPSA) is 101 Å². The van der Waals surface area contributed by atoms with Crippen LogP contribution in [-0.4, -0.2) is 45.8 Å². The van der Waals surface area contributed by atoms with Gasteiger partial charge in [-0.05, 0) is 63.3 Å². The second-order valence-electron chi connectivity index (χ2n) is 8.28. The molecule has 0 radical (unpaired) electrons. The minimum atomic E-state index is -0.585. The number of rotatable bonds is 2. The molecule has 6 rings (SSSR count). The number of aromatic nitrogens is 6. The van der Waals surface area contributed by atoms with Crippen molar-refractivity contribution in [2.75, 3.05) is 4.90 Å². The second-order valence-corrected chi connectivity index (χ2v) is 9.10. The summed E-state index contributed by atoms with van der Waals surface area (Å²) in [7, 11) is 0. The molecule has 1 aliphatic rings. The number of carbonyl (C=O) groups is 2. The van der Waals surface area contributed by atoms with Gasteiger partial charge in [0.25, 0.3) is 11.8 Å². The molecule has 1 fully saturated rings. The Morgan fingerprint density at radius 1 is 0.914 bits per heavy atom. The van der Waals surface area contributed by atoms with Crippen LogP contribution in [0, 0.1) is 20.8 Å². The Morgan fingerprint density at radius 3 is 2.17 bits per heavy atom. The maximum Gasteiger partial charge on any atom is 0.270 e. The maximum absolute atomic E-state index is 13.5. The zero-order valence-electron chi connectivity index (χ0n) is 18.8. The van der Waals surface area contributed by atoms with E-state index in [2.05, 4.69) is 20.6 Å². The average molecular weight is 505 g/mol. The first-order valence-corrected chi connectivity index (χ1v) is 11.4. The lowest BCUT2D eigenvalue weighted by molar-refractivity contribution is -0.122. The Balaban J connectivity index is 1.59. The lowest BCUT2D eigenvalue weighted by atomic mass is 10.1. The van der Waals surface area contributed by atoms with Crippen molar-refractivity contribution in [2.24, 2.45) is 0 Å². The molecule has 2 amide bonds. The zero-order valence-corrected chi connectivity index (χ0v) is 20.3. The molecular weight excluding hydrogens is 488 g/mol. The van der Waals surface area contributed by atoms with Gasteiger partial charge in [0, 0.05) is 22.7 Å². The number of benzene rings is 1. The van der Waals surface area contributed by atoms with Crippen LogP contribution in [0.1, 0.15) is 22.6 Å². The number of carbonyl (C=O) groups excluding carboxylic acids is 2. The molecule has 5 heterocycles. The first-order chi connectivity index (χ1) is 16.7. The predicted molar refractivity (Wildman–Crippen MR) is 135 cm³/mol. The van der Waals surface area contributed by atoms with Gasteiger partial charge in [-0.25, -0.2) is 0 Å². The fourth-order valence-corrected chi connectivity index (χ4v) is 4.69. The number of halogens is 1. The summed E-state index contributed by atoms with van der Waals surface area (Å²) in [5.74, 6) is -1.13. The van der Waals surface area contributed by atoms with Gasteiger partial charge in [0.15, 0.2) is 22.1 Å². The number of aryl methyl sites for hydroxylation is 3. The van der Waals surface area contributed by atoms with E-state index in [9.17, 15) is 9.59 Å². The Labute approximate surface area is 208 Å². The molecule has 1 saturated heterocycles. The highest BCUT2D eigenvalue weighted by atomic mass is 35.5. The largest absolute Gasteiger partial charge is 0.298 e. The van der Waals surface area contributed by atoms with Gasteiger partial charge in [-0.3, -0.25) is 19.8 Å². The van der Waals surface area contributed by atoms with E-state index in [1.54, 1.807) is 37.8 Å². The third kappa shape index (κ3) is 3.16. The van der Waals surface area contributed by atoms with Crippen LogP contribution in [0.2, 0.25) is 5.02 Å². The monoisotopic (exact) mass is 504 g/mol. The molecule has 0 aliphatic carbocycles. The van der Waals surface area contributed by atoms with Crippen molar-refractivity contribution in [3.63, 3.8) is 0 Å². The number of hydrogen-bond acceptors (Lipinski definition) is 6. The molecule has 1 N–H and O–H groups in total. The minimum Gasteiger partial charge on any atom is -0.298 e. The quantitative estimate of drug-likeness (QED) is 0.225. The van der Waals surface area contributed by atoms with Crippen LogP contribution < -0.4 is 10.2 Å². The van der Waals surface area contributed by atoms with Crippen molar-refractivity contribution in [1.82, 2.24) is 34.2 Å². The van der Waals surface area contributed by atoms with E-state index >= 15 is 0 Å². The zero-order chi connectivity index (χ0) is 24.6. The number of amides is 2. The fourth-order valence-electron chi connectivity index (χ4n) is 4.28. The molecule has 10 nitrogen and oxygen atoms in total. The number of nitrogens with one attached hydrogen (secondary N) is 1. The van der Waals surface area contributed by atoms with Crippen molar-refractivity contribution >= 4 is 69.5 Å². The van der Waals surface area contributed by atoms with E-state index in [0.29, 0.717) is 27.6 Å². The Morgan fingerprint density at radius 2 is 1.51 bits per heavy atom. The Bertz CT molecular complexity index is 1750. The number of nitrogens with zero attached hydrogens (tertiary/aromatic N) is 7. The van der Waals surface area contributed by atoms with Crippen molar-refractivity contribution in [3.8, 4) is 0 Å². The summed E-state index contributed by atoms with van der Waals surface area (Å²) in [4.78, 5) is 27.7. The van der Waals surface area contributed by atoms with E-state index < -0.39 is 11.8 Å². The predicted octanol–water partition coefficient (Wildman–Crippen LogP) is 3.04. The number of hydrogen-bond donors (Lipinski definition) is 1. The molecule has 4 aromatic heterocycles. The molecule has 174 valence electrons. The normalized spacial score (nSPS) is 15.8. The molecule has 5 aromatic rings. The first-order valence-electron chi connectivity index (χ1n) is 10.6. The molecule has 0 bridgehead atoms. The lowest BCUT2D eigenvalue weighted by Crippen LogP contribution is -2.54. The van der Waals surface area contributed by atoms with Gasteiger partial charge < -0.3 is 0 Å². The standard InChI is InChI=1S/C23H17ClN8O2S/c1-11-8-19-30(26-11)18-9-12(2)27-31(18)21-16(13(3)28-32(19)21)10-17-20(33)25-23(35)29(22(17)34)15-6-4-14(24)5-7-15/h4-10H,1-3H3,(H,25,33,35)/b17-10+. The highest BCUT2D eigenvalue weighted by Crippen LogP contribution is 2.27. The SMILES string of the molecule is Cc1cc2n(n1)c1cc(C)nn1c1c(/C=C3\C(=O)NC(=S)N(c4ccc(Cl)cc4)C3=O)c(C)nn21. The van der Waals surface area contributed by atoms with Gasteiger partial charge in [-0.2, -0.15) is 28.8 Å². The van der Waals surface area contributed by atoms with Gasteiger partial charge >= 0.3 is 0 Å². The third-order valence-electron chi connectivity index (χ3n) is 5.82. The summed E-state index contributed by atoms with van der Waals surface area (Å²) in [6, 6.07) is 10.5. The average Bonchev–Trinajstić information content (AvgIpc) is 3.46. The second kappa shape index (κ2) is 7.45. The van der Waals surface area contributed by atoms with Gasteiger partial charge in [-0.15, -0.1) is 0 Å². The lowest BCUT2D eigenvalue weighted by Gasteiger charge is -2.28. The van der Waals surface area contributed by atoms with Gasteiger partial charge in [0.1, 0.15) is 5.57 Å². The number of thiocarbonyl (C=S) groups is 1. The molecule has 0 unspecified atom stereocenters. The highest BCUT2D eigenvalue weighted by Gasteiger charge is 2.35. The van der Waals surface area contributed by atoms with Crippen LogP contribution >= 0.6 is 23.8 Å². The van der Waals surface area contributed by atoms with E-state index in [0.717, 1.165) is 22.7 Å². The van der Waals surface area contributed by atoms with Crippen molar-refractivity contribution in [1.29, 1.82) is 0 Å². The molecule has 0 saturated carbocycles. The summed E-state index contributed by atoms with van der Waals surface area (Å²) >= 11 is 11.3.